The maximum Gasteiger partial charge on any atom is 0.159 e. The number of nitrogens with zero attached hydrogens (tertiary/aromatic N) is 1. The average molecular weight is 454 g/mol. The number of halogens is 1. The molecular formula is C28H36FNO3. The fourth-order valence-electron chi connectivity index (χ4n) is 6.95. The summed E-state index contributed by atoms with van der Waals surface area (Å²) >= 11 is 0. The molecule has 1 saturated carbocycles. The number of anilines is 1. The lowest BCUT2D eigenvalue weighted by atomic mass is 9.60. The Morgan fingerprint density at radius 3 is 2.39 bits per heavy atom. The molecule has 2 fully saturated rings. The summed E-state index contributed by atoms with van der Waals surface area (Å²) in [5, 5.41) is 10.0. The summed E-state index contributed by atoms with van der Waals surface area (Å²) in [5.41, 5.74) is 4.49. The van der Waals surface area contributed by atoms with Crippen LogP contribution in [0, 0.1) is 17.2 Å². The molecule has 0 radical (unpaired) electrons. The van der Waals surface area contributed by atoms with E-state index < -0.39 is 0 Å². The molecule has 5 heteroatoms. The van der Waals surface area contributed by atoms with Crippen molar-refractivity contribution in [2.75, 3.05) is 32.2 Å². The first-order chi connectivity index (χ1) is 16.0. The number of phenols is 1. The van der Waals surface area contributed by atoms with Gasteiger partial charge in [-0.15, -0.1) is 0 Å². The summed E-state index contributed by atoms with van der Waals surface area (Å²) in [6.07, 6.45) is 8.70. The molecule has 1 atom stereocenters. The van der Waals surface area contributed by atoms with Gasteiger partial charge in [-0.2, -0.15) is 0 Å². The Kier molecular flexibility index (Phi) is 6.37. The Hall–Kier alpha value is -2.11. The number of hydrogen-bond acceptors (Lipinski definition) is 4. The van der Waals surface area contributed by atoms with Crippen molar-refractivity contribution < 1.29 is 19.0 Å². The molecule has 1 saturated heterocycles. The Morgan fingerprint density at radius 2 is 1.73 bits per heavy atom. The SMILES string of the molecule is COC(OC)C1CCN(c2ccc([C@@H]3c4ccc(O)cc4CCC34CCCC4)cc2F)CC1. The Balaban J connectivity index is 1.42. The summed E-state index contributed by atoms with van der Waals surface area (Å²) in [4.78, 5) is 2.16. The van der Waals surface area contributed by atoms with Crippen LogP contribution in [0.1, 0.15) is 67.6 Å². The van der Waals surface area contributed by atoms with Gasteiger partial charge in [-0.25, -0.2) is 4.39 Å². The van der Waals surface area contributed by atoms with E-state index in [-0.39, 0.29) is 23.4 Å². The van der Waals surface area contributed by atoms with E-state index in [0.717, 1.165) is 44.3 Å². The highest BCUT2D eigenvalue weighted by Crippen LogP contribution is 2.58. The molecule has 2 aliphatic carbocycles. The van der Waals surface area contributed by atoms with Crippen LogP contribution in [0.4, 0.5) is 10.1 Å². The highest BCUT2D eigenvalue weighted by Gasteiger charge is 2.45. The summed E-state index contributed by atoms with van der Waals surface area (Å²) in [7, 11) is 3.36. The first-order valence-corrected chi connectivity index (χ1v) is 12.5. The van der Waals surface area contributed by atoms with Crippen molar-refractivity contribution in [1.29, 1.82) is 0 Å². The number of benzene rings is 2. The van der Waals surface area contributed by atoms with Gasteiger partial charge in [0.05, 0.1) is 5.69 Å². The molecule has 0 aromatic heterocycles. The van der Waals surface area contributed by atoms with Gasteiger partial charge in [-0.1, -0.05) is 25.0 Å². The third kappa shape index (κ3) is 4.15. The molecule has 5 rings (SSSR count). The van der Waals surface area contributed by atoms with Crippen molar-refractivity contribution in [3.63, 3.8) is 0 Å². The fraction of sp³-hybridized carbons (Fsp3) is 0.571. The lowest BCUT2D eigenvalue weighted by molar-refractivity contribution is -0.141. The lowest BCUT2D eigenvalue weighted by Crippen LogP contribution is -2.39. The van der Waals surface area contributed by atoms with Gasteiger partial charge in [0.2, 0.25) is 0 Å². The number of fused-ring (bicyclic) bond motifs is 1. The molecule has 2 aromatic rings. The smallest absolute Gasteiger partial charge is 0.159 e. The number of piperidine rings is 1. The summed E-state index contributed by atoms with van der Waals surface area (Å²) in [6, 6.07) is 11.7. The first-order valence-electron chi connectivity index (χ1n) is 12.5. The maximum absolute atomic E-state index is 15.6. The second kappa shape index (κ2) is 9.27. The van der Waals surface area contributed by atoms with Crippen molar-refractivity contribution in [2.45, 2.75) is 63.6 Å². The van der Waals surface area contributed by atoms with Crippen LogP contribution in [0.5, 0.6) is 5.75 Å². The zero-order chi connectivity index (χ0) is 23.0. The second-order valence-corrected chi connectivity index (χ2v) is 10.3. The van der Waals surface area contributed by atoms with E-state index in [9.17, 15) is 5.11 Å². The van der Waals surface area contributed by atoms with Crippen LogP contribution in [-0.4, -0.2) is 38.7 Å². The van der Waals surface area contributed by atoms with E-state index in [1.54, 1.807) is 26.4 Å². The number of phenolic OH excluding ortho intramolecular Hbond substituents is 1. The molecule has 1 heterocycles. The van der Waals surface area contributed by atoms with E-state index in [0.29, 0.717) is 17.4 Å². The monoisotopic (exact) mass is 453 g/mol. The molecule has 3 aliphatic rings. The Morgan fingerprint density at radius 1 is 1.00 bits per heavy atom. The standard InChI is InChI=1S/C28H36FNO3/c1-32-27(33-2)19-10-15-30(16-11-19)25-8-5-21(18-24(25)29)26-23-7-6-22(31)17-20(23)9-14-28(26)12-3-4-13-28/h5-8,17-19,26-27,31H,3-4,9-16H2,1-2H3/t26-/m1/s1. The fourth-order valence-corrected chi connectivity index (χ4v) is 6.95. The van der Waals surface area contributed by atoms with Crippen LogP contribution < -0.4 is 4.90 Å². The van der Waals surface area contributed by atoms with E-state index in [2.05, 4.69) is 17.0 Å². The predicted molar refractivity (Wildman–Crippen MR) is 128 cm³/mol. The molecule has 178 valence electrons. The zero-order valence-electron chi connectivity index (χ0n) is 19.9. The number of aromatic hydroxyl groups is 1. The first kappa shape index (κ1) is 22.7. The number of ether oxygens (including phenoxy) is 2. The highest BCUT2D eigenvalue weighted by molar-refractivity contribution is 5.53. The van der Waals surface area contributed by atoms with E-state index in [1.807, 2.05) is 12.1 Å². The topological polar surface area (TPSA) is 41.9 Å². The van der Waals surface area contributed by atoms with Crippen molar-refractivity contribution in [2.24, 2.45) is 11.3 Å². The van der Waals surface area contributed by atoms with Gasteiger partial charge in [-0.05, 0) is 84.9 Å². The number of rotatable bonds is 5. The molecule has 2 aromatic carbocycles. The van der Waals surface area contributed by atoms with E-state index in [1.165, 1.54) is 36.8 Å². The third-order valence-electron chi connectivity index (χ3n) is 8.58. The van der Waals surface area contributed by atoms with Crippen LogP contribution in [0.3, 0.4) is 0 Å². The van der Waals surface area contributed by atoms with Crippen LogP contribution >= 0.6 is 0 Å². The van der Waals surface area contributed by atoms with Gasteiger partial charge >= 0.3 is 0 Å². The van der Waals surface area contributed by atoms with Crippen molar-refractivity contribution in [3.8, 4) is 5.75 Å². The Labute approximate surface area is 196 Å². The van der Waals surface area contributed by atoms with Crippen molar-refractivity contribution >= 4 is 5.69 Å². The summed E-state index contributed by atoms with van der Waals surface area (Å²) in [6.45, 7) is 1.61. The van der Waals surface area contributed by atoms with Crippen LogP contribution in [0.25, 0.3) is 0 Å². The van der Waals surface area contributed by atoms with E-state index >= 15 is 4.39 Å². The molecule has 4 nitrogen and oxygen atoms in total. The molecular weight excluding hydrogens is 417 g/mol. The van der Waals surface area contributed by atoms with Gasteiger partial charge in [0.1, 0.15) is 11.6 Å². The van der Waals surface area contributed by atoms with Gasteiger partial charge in [0.15, 0.2) is 6.29 Å². The quantitative estimate of drug-likeness (QED) is 0.564. The highest BCUT2D eigenvalue weighted by atomic mass is 19.1. The second-order valence-electron chi connectivity index (χ2n) is 10.3. The molecule has 0 bridgehead atoms. The normalized spacial score (nSPS) is 22.8. The van der Waals surface area contributed by atoms with Gasteiger partial charge in [-0.3, -0.25) is 0 Å². The zero-order valence-corrected chi connectivity index (χ0v) is 19.9. The molecule has 0 unspecified atom stereocenters. The predicted octanol–water partition coefficient (Wildman–Crippen LogP) is 6.01. The van der Waals surface area contributed by atoms with Crippen LogP contribution in [-0.2, 0) is 15.9 Å². The molecule has 1 N–H and O–H groups in total. The third-order valence-corrected chi connectivity index (χ3v) is 8.58. The van der Waals surface area contributed by atoms with E-state index in [4.69, 9.17) is 9.47 Å². The maximum atomic E-state index is 15.6. The average Bonchev–Trinajstić information content (AvgIpc) is 3.29. The largest absolute Gasteiger partial charge is 0.508 e. The van der Waals surface area contributed by atoms with Gasteiger partial charge < -0.3 is 19.5 Å². The minimum atomic E-state index is -0.187. The minimum absolute atomic E-state index is 0.125. The minimum Gasteiger partial charge on any atom is -0.508 e. The van der Waals surface area contributed by atoms with Crippen LogP contribution in [0.2, 0.25) is 0 Å². The molecule has 33 heavy (non-hydrogen) atoms. The van der Waals surface area contributed by atoms with Crippen molar-refractivity contribution in [1.82, 2.24) is 0 Å². The van der Waals surface area contributed by atoms with Gasteiger partial charge in [0, 0.05) is 39.1 Å². The summed E-state index contributed by atoms with van der Waals surface area (Å²) < 4.78 is 26.4. The molecule has 1 spiro atoms. The van der Waals surface area contributed by atoms with Gasteiger partial charge in [0.25, 0.3) is 0 Å². The van der Waals surface area contributed by atoms with Crippen molar-refractivity contribution in [3.05, 3.63) is 58.9 Å². The molecule has 1 aliphatic heterocycles. The molecule has 0 amide bonds. The van der Waals surface area contributed by atoms with Crippen LogP contribution in [0.15, 0.2) is 36.4 Å². The number of methoxy groups -OCH3 is 2. The summed E-state index contributed by atoms with van der Waals surface area (Å²) in [5.74, 6) is 0.739. The lowest BCUT2D eigenvalue weighted by Gasteiger charge is -2.43. The Bertz CT molecular complexity index is 975. The number of hydrogen-bond donors (Lipinski definition) is 1. The number of aryl methyl sites for hydroxylation is 1.